The van der Waals surface area contributed by atoms with Gasteiger partial charge in [-0.25, -0.2) is 0 Å². The minimum Gasteiger partial charge on any atom is -0.480 e. The number of aliphatic carboxylic acids is 1. The largest absolute Gasteiger partial charge is 0.480 e. The number of carboxylic acids is 1. The standard InChI is InChI=1S/C11H21NO4/c1-8(2)9(3)11(15)12(5-6-16-4)7-10(13)14/h8-9H,5-7H2,1-4H3,(H,13,14). The van der Waals surface area contributed by atoms with Gasteiger partial charge in [-0.15, -0.1) is 0 Å². The molecule has 94 valence electrons. The van der Waals surface area contributed by atoms with E-state index in [0.717, 1.165) is 0 Å². The molecule has 0 aliphatic carbocycles. The number of hydrogen-bond donors (Lipinski definition) is 1. The van der Waals surface area contributed by atoms with Gasteiger partial charge in [0.2, 0.25) is 5.91 Å². The lowest BCUT2D eigenvalue weighted by molar-refractivity contribution is -0.147. The van der Waals surface area contributed by atoms with Crippen molar-refractivity contribution in [1.29, 1.82) is 0 Å². The summed E-state index contributed by atoms with van der Waals surface area (Å²) >= 11 is 0. The summed E-state index contributed by atoms with van der Waals surface area (Å²) in [7, 11) is 1.52. The van der Waals surface area contributed by atoms with E-state index in [1.807, 2.05) is 20.8 Å². The second kappa shape index (κ2) is 7.22. The van der Waals surface area contributed by atoms with Gasteiger partial charge in [-0.3, -0.25) is 9.59 Å². The molecule has 0 aromatic heterocycles. The number of ether oxygens (including phenoxy) is 1. The third kappa shape index (κ3) is 5.11. The van der Waals surface area contributed by atoms with Crippen LogP contribution in [0.2, 0.25) is 0 Å². The molecular weight excluding hydrogens is 210 g/mol. The number of carbonyl (C=O) groups is 2. The van der Waals surface area contributed by atoms with E-state index in [-0.39, 0.29) is 24.3 Å². The molecule has 0 saturated carbocycles. The monoisotopic (exact) mass is 231 g/mol. The molecule has 0 aromatic rings. The van der Waals surface area contributed by atoms with Gasteiger partial charge >= 0.3 is 5.97 Å². The predicted molar refractivity (Wildman–Crippen MR) is 60.1 cm³/mol. The summed E-state index contributed by atoms with van der Waals surface area (Å²) in [6, 6.07) is 0. The Labute approximate surface area is 96.4 Å². The zero-order valence-corrected chi connectivity index (χ0v) is 10.4. The second-order valence-electron chi connectivity index (χ2n) is 4.18. The van der Waals surface area contributed by atoms with Gasteiger partial charge in [-0.05, 0) is 5.92 Å². The quantitative estimate of drug-likeness (QED) is 0.705. The highest BCUT2D eigenvalue weighted by Crippen LogP contribution is 2.13. The second-order valence-corrected chi connectivity index (χ2v) is 4.18. The van der Waals surface area contributed by atoms with E-state index in [4.69, 9.17) is 9.84 Å². The van der Waals surface area contributed by atoms with E-state index in [2.05, 4.69) is 0 Å². The molecule has 16 heavy (non-hydrogen) atoms. The summed E-state index contributed by atoms with van der Waals surface area (Å²) < 4.78 is 4.86. The molecule has 0 radical (unpaired) electrons. The summed E-state index contributed by atoms with van der Waals surface area (Å²) in [6.45, 7) is 6.10. The van der Waals surface area contributed by atoms with E-state index in [9.17, 15) is 9.59 Å². The van der Waals surface area contributed by atoms with Crippen LogP contribution in [0.15, 0.2) is 0 Å². The number of carboxylic acid groups (broad SMARTS) is 1. The summed E-state index contributed by atoms with van der Waals surface area (Å²) in [5.41, 5.74) is 0. The Kier molecular flexibility index (Phi) is 6.72. The van der Waals surface area contributed by atoms with Gasteiger partial charge in [0.1, 0.15) is 6.54 Å². The third-order valence-electron chi connectivity index (χ3n) is 2.59. The number of hydrogen-bond acceptors (Lipinski definition) is 3. The predicted octanol–water partition coefficient (Wildman–Crippen LogP) is 0.838. The maximum absolute atomic E-state index is 11.9. The Hall–Kier alpha value is -1.10. The maximum Gasteiger partial charge on any atom is 0.323 e. The lowest BCUT2D eigenvalue weighted by atomic mass is 9.96. The minimum atomic E-state index is -1.000. The van der Waals surface area contributed by atoms with E-state index < -0.39 is 5.97 Å². The molecule has 1 atom stereocenters. The van der Waals surface area contributed by atoms with Gasteiger partial charge in [0.15, 0.2) is 0 Å². The number of nitrogens with zero attached hydrogens (tertiary/aromatic N) is 1. The molecule has 0 aliphatic heterocycles. The van der Waals surface area contributed by atoms with Crippen molar-refractivity contribution < 1.29 is 19.4 Å². The molecule has 5 heteroatoms. The first-order chi connectivity index (χ1) is 7.40. The van der Waals surface area contributed by atoms with Crippen molar-refractivity contribution in [2.45, 2.75) is 20.8 Å². The Morgan fingerprint density at radius 2 is 1.88 bits per heavy atom. The van der Waals surface area contributed by atoms with Gasteiger partial charge in [0, 0.05) is 19.6 Å². The molecule has 1 amide bonds. The van der Waals surface area contributed by atoms with Crippen LogP contribution in [0.1, 0.15) is 20.8 Å². The highest BCUT2D eigenvalue weighted by Gasteiger charge is 2.24. The van der Waals surface area contributed by atoms with Crippen molar-refractivity contribution >= 4 is 11.9 Å². The Balaban J connectivity index is 4.48. The van der Waals surface area contributed by atoms with Crippen molar-refractivity contribution in [3.8, 4) is 0 Å². The van der Waals surface area contributed by atoms with Gasteiger partial charge in [0.05, 0.1) is 6.61 Å². The average Bonchev–Trinajstić information content (AvgIpc) is 2.21. The summed E-state index contributed by atoms with van der Waals surface area (Å²) in [6.07, 6.45) is 0. The molecule has 1 unspecified atom stereocenters. The SMILES string of the molecule is COCCN(CC(=O)O)C(=O)C(C)C(C)C. The van der Waals surface area contributed by atoms with Crippen LogP contribution >= 0.6 is 0 Å². The third-order valence-corrected chi connectivity index (χ3v) is 2.59. The number of rotatable bonds is 7. The molecule has 0 saturated heterocycles. The average molecular weight is 231 g/mol. The zero-order valence-electron chi connectivity index (χ0n) is 10.4. The minimum absolute atomic E-state index is 0.130. The van der Waals surface area contributed by atoms with Crippen molar-refractivity contribution in [3.05, 3.63) is 0 Å². The van der Waals surface area contributed by atoms with E-state index >= 15 is 0 Å². The molecule has 0 rings (SSSR count). The highest BCUT2D eigenvalue weighted by atomic mass is 16.5. The van der Waals surface area contributed by atoms with E-state index in [1.54, 1.807) is 0 Å². The Morgan fingerprint density at radius 1 is 1.31 bits per heavy atom. The van der Waals surface area contributed by atoms with Crippen LogP contribution in [0.4, 0.5) is 0 Å². The Bertz CT molecular complexity index is 240. The fourth-order valence-electron chi connectivity index (χ4n) is 1.21. The summed E-state index contributed by atoms with van der Waals surface area (Å²) in [5.74, 6) is -1.10. The molecule has 0 aromatic carbocycles. The number of carbonyl (C=O) groups excluding carboxylic acids is 1. The van der Waals surface area contributed by atoms with Crippen molar-refractivity contribution in [2.24, 2.45) is 11.8 Å². The van der Waals surface area contributed by atoms with Gasteiger partial charge in [-0.1, -0.05) is 20.8 Å². The van der Waals surface area contributed by atoms with Crippen molar-refractivity contribution in [1.82, 2.24) is 4.90 Å². The molecule has 1 N–H and O–H groups in total. The highest BCUT2D eigenvalue weighted by molar-refractivity contribution is 5.83. The van der Waals surface area contributed by atoms with Crippen LogP contribution in [0.5, 0.6) is 0 Å². The number of methoxy groups -OCH3 is 1. The fourth-order valence-corrected chi connectivity index (χ4v) is 1.21. The van der Waals surface area contributed by atoms with Crippen molar-refractivity contribution in [3.63, 3.8) is 0 Å². The van der Waals surface area contributed by atoms with Crippen LogP contribution in [0, 0.1) is 11.8 Å². The lowest BCUT2D eigenvalue weighted by Gasteiger charge is -2.25. The number of amides is 1. The van der Waals surface area contributed by atoms with Crippen LogP contribution in [0.3, 0.4) is 0 Å². The summed E-state index contributed by atoms with van der Waals surface area (Å²) in [5, 5.41) is 8.72. The Morgan fingerprint density at radius 3 is 2.25 bits per heavy atom. The fraction of sp³-hybridized carbons (Fsp3) is 0.818. The summed E-state index contributed by atoms with van der Waals surface area (Å²) in [4.78, 5) is 23.9. The van der Waals surface area contributed by atoms with E-state index in [0.29, 0.717) is 13.2 Å². The first-order valence-electron chi connectivity index (χ1n) is 5.39. The first-order valence-corrected chi connectivity index (χ1v) is 5.39. The van der Waals surface area contributed by atoms with Crippen LogP contribution < -0.4 is 0 Å². The van der Waals surface area contributed by atoms with E-state index in [1.165, 1.54) is 12.0 Å². The molecule has 0 aliphatic rings. The molecule has 0 fully saturated rings. The molecule has 0 spiro atoms. The van der Waals surface area contributed by atoms with Gasteiger partial charge in [0.25, 0.3) is 0 Å². The molecular formula is C11H21NO4. The van der Waals surface area contributed by atoms with Gasteiger partial charge in [-0.2, -0.15) is 0 Å². The topological polar surface area (TPSA) is 66.8 Å². The zero-order chi connectivity index (χ0) is 12.7. The molecule has 0 bridgehead atoms. The molecule has 0 heterocycles. The van der Waals surface area contributed by atoms with Crippen molar-refractivity contribution in [2.75, 3.05) is 26.8 Å². The van der Waals surface area contributed by atoms with Gasteiger partial charge < -0.3 is 14.7 Å². The first kappa shape index (κ1) is 14.9. The maximum atomic E-state index is 11.9. The van der Waals surface area contributed by atoms with Crippen LogP contribution in [0.25, 0.3) is 0 Å². The normalized spacial score (nSPS) is 12.6. The molecule has 5 nitrogen and oxygen atoms in total. The smallest absolute Gasteiger partial charge is 0.323 e. The van der Waals surface area contributed by atoms with Crippen LogP contribution in [-0.2, 0) is 14.3 Å². The van der Waals surface area contributed by atoms with Crippen LogP contribution in [-0.4, -0.2) is 48.7 Å². The lowest BCUT2D eigenvalue weighted by Crippen LogP contribution is -2.42.